The van der Waals surface area contributed by atoms with Gasteiger partial charge < -0.3 is 5.32 Å². The summed E-state index contributed by atoms with van der Waals surface area (Å²) in [5.74, 6) is 1.82. The largest absolute Gasteiger partial charge is 0.314 e. The molecule has 3 nitrogen and oxygen atoms in total. The molecule has 0 saturated heterocycles. The van der Waals surface area contributed by atoms with Crippen molar-refractivity contribution >= 4 is 0 Å². The highest BCUT2D eigenvalue weighted by atomic mass is 15.2. The number of hydrogen-bond donors (Lipinski definition) is 1. The van der Waals surface area contributed by atoms with Gasteiger partial charge in [-0.3, -0.25) is 4.68 Å². The van der Waals surface area contributed by atoms with Gasteiger partial charge in [0, 0.05) is 25.7 Å². The molecule has 0 spiro atoms. The molecule has 1 heterocycles. The van der Waals surface area contributed by atoms with Crippen LogP contribution in [0.4, 0.5) is 0 Å². The average Bonchev–Trinajstić information content (AvgIpc) is 2.84. The van der Waals surface area contributed by atoms with Crippen LogP contribution in [0.15, 0.2) is 12.3 Å². The fraction of sp³-hybridized carbons (Fsp3) is 0.812. The molecule has 1 aliphatic rings. The maximum absolute atomic E-state index is 4.54. The van der Waals surface area contributed by atoms with Crippen LogP contribution < -0.4 is 5.32 Å². The average molecular weight is 263 g/mol. The van der Waals surface area contributed by atoms with Crippen molar-refractivity contribution in [2.45, 2.75) is 58.4 Å². The van der Waals surface area contributed by atoms with E-state index in [4.69, 9.17) is 0 Å². The first-order valence-electron chi connectivity index (χ1n) is 7.94. The Morgan fingerprint density at radius 1 is 1.32 bits per heavy atom. The molecule has 1 unspecified atom stereocenters. The minimum atomic E-state index is 0.609. The van der Waals surface area contributed by atoms with Crippen molar-refractivity contribution < 1.29 is 0 Å². The summed E-state index contributed by atoms with van der Waals surface area (Å²) in [5.41, 5.74) is 1.23. The van der Waals surface area contributed by atoms with Gasteiger partial charge in [0.2, 0.25) is 0 Å². The summed E-state index contributed by atoms with van der Waals surface area (Å²) in [5, 5.41) is 8.23. The monoisotopic (exact) mass is 263 g/mol. The molecule has 1 aliphatic carbocycles. The summed E-state index contributed by atoms with van der Waals surface area (Å²) in [7, 11) is 2.00. The molecule has 1 fully saturated rings. The molecule has 0 amide bonds. The van der Waals surface area contributed by atoms with E-state index in [0.29, 0.717) is 6.04 Å². The van der Waals surface area contributed by atoms with Gasteiger partial charge in [-0.05, 0) is 37.3 Å². The van der Waals surface area contributed by atoms with E-state index in [2.05, 4.69) is 30.3 Å². The molecule has 108 valence electrons. The number of likely N-dealkylation sites (N-methyl/N-ethyl adjacent to an activating group) is 1. The molecule has 19 heavy (non-hydrogen) atoms. The van der Waals surface area contributed by atoms with Crippen molar-refractivity contribution in [2.24, 2.45) is 18.9 Å². The number of hydrogen-bond acceptors (Lipinski definition) is 2. The van der Waals surface area contributed by atoms with E-state index in [-0.39, 0.29) is 0 Å². The number of aryl methyl sites for hydroxylation is 1. The predicted molar refractivity (Wildman–Crippen MR) is 80.1 cm³/mol. The fourth-order valence-corrected chi connectivity index (χ4v) is 3.46. The Balaban J connectivity index is 1.92. The highest BCUT2D eigenvalue weighted by molar-refractivity contribution is 5.02. The van der Waals surface area contributed by atoms with Crippen molar-refractivity contribution in [1.82, 2.24) is 15.1 Å². The zero-order valence-electron chi connectivity index (χ0n) is 12.7. The van der Waals surface area contributed by atoms with Crippen molar-refractivity contribution in [3.8, 4) is 0 Å². The number of rotatable bonds is 6. The Labute approximate surface area is 117 Å². The molecule has 0 aromatic carbocycles. The van der Waals surface area contributed by atoms with E-state index in [0.717, 1.165) is 24.8 Å². The first kappa shape index (κ1) is 14.6. The Morgan fingerprint density at radius 2 is 2.05 bits per heavy atom. The van der Waals surface area contributed by atoms with E-state index in [9.17, 15) is 0 Å². The van der Waals surface area contributed by atoms with Crippen LogP contribution in [0.5, 0.6) is 0 Å². The van der Waals surface area contributed by atoms with Crippen LogP contribution in [-0.4, -0.2) is 22.4 Å². The predicted octanol–water partition coefficient (Wildman–Crippen LogP) is 3.16. The summed E-state index contributed by atoms with van der Waals surface area (Å²) in [6, 6.07) is 2.76. The highest BCUT2D eigenvalue weighted by Gasteiger charge is 2.27. The minimum Gasteiger partial charge on any atom is -0.314 e. The molecule has 1 saturated carbocycles. The topological polar surface area (TPSA) is 29.9 Å². The van der Waals surface area contributed by atoms with Crippen LogP contribution in [0.25, 0.3) is 0 Å². The number of nitrogens with one attached hydrogen (secondary N) is 1. The van der Waals surface area contributed by atoms with Gasteiger partial charge in [-0.25, -0.2) is 0 Å². The second-order valence-electron chi connectivity index (χ2n) is 6.04. The Kier molecular flexibility index (Phi) is 5.44. The molecule has 0 bridgehead atoms. The first-order valence-corrected chi connectivity index (χ1v) is 7.94. The summed E-state index contributed by atoms with van der Waals surface area (Å²) in [4.78, 5) is 0. The van der Waals surface area contributed by atoms with Crippen LogP contribution in [0, 0.1) is 11.8 Å². The lowest BCUT2D eigenvalue weighted by atomic mass is 9.76. The standard InChI is InChI=1S/C16H29N3/c1-4-13-6-8-14(9-7-13)16(17-5-2)12-15-10-11-19(3)18-15/h10-11,13-14,16-17H,4-9,12H2,1-3H3. The van der Waals surface area contributed by atoms with E-state index >= 15 is 0 Å². The van der Waals surface area contributed by atoms with Gasteiger partial charge in [0.1, 0.15) is 0 Å². The quantitative estimate of drug-likeness (QED) is 0.854. The molecule has 1 aromatic heterocycles. The second kappa shape index (κ2) is 7.09. The molecule has 1 N–H and O–H groups in total. The van der Waals surface area contributed by atoms with Crippen LogP contribution >= 0.6 is 0 Å². The third kappa shape index (κ3) is 4.07. The molecule has 3 heteroatoms. The maximum atomic E-state index is 4.54. The summed E-state index contributed by atoms with van der Waals surface area (Å²) in [6.07, 6.45) is 10.1. The van der Waals surface area contributed by atoms with Crippen molar-refractivity contribution in [1.29, 1.82) is 0 Å². The van der Waals surface area contributed by atoms with E-state index < -0.39 is 0 Å². The van der Waals surface area contributed by atoms with Gasteiger partial charge >= 0.3 is 0 Å². The zero-order chi connectivity index (χ0) is 13.7. The van der Waals surface area contributed by atoms with Crippen LogP contribution in [0.1, 0.15) is 51.6 Å². The molecule has 2 rings (SSSR count). The normalized spacial score (nSPS) is 25.4. The second-order valence-corrected chi connectivity index (χ2v) is 6.04. The van der Waals surface area contributed by atoms with E-state index in [1.807, 2.05) is 17.9 Å². The molecular formula is C16H29N3. The van der Waals surface area contributed by atoms with Gasteiger partial charge in [-0.15, -0.1) is 0 Å². The summed E-state index contributed by atoms with van der Waals surface area (Å²) in [6.45, 7) is 5.61. The van der Waals surface area contributed by atoms with E-state index in [1.54, 1.807) is 0 Å². The molecule has 0 aliphatic heterocycles. The fourth-order valence-electron chi connectivity index (χ4n) is 3.46. The Hall–Kier alpha value is -0.830. The van der Waals surface area contributed by atoms with Crippen LogP contribution in [0.2, 0.25) is 0 Å². The maximum Gasteiger partial charge on any atom is 0.0640 e. The van der Waals surface area contributed by atoms with Crippen molar-refractivity contribution in [3.05, 3.63) is 18.0 Å². The molecule has 0 radical (unpaired) electrons. The van der Waals surface area contributed by atoms with Gasteiger partial charge in [-0.1, -0.05) is 33.1 Å². The number of nitrogens with zero attached hydrogens (tertiary/aromatic N) is 2. The first-order chi connectivity index (χ1) is 9.22. The van der Waals surface area contributed by atoms with Gasteiger partial charge in [0.25, 0.3) is 0 Å². The lowest BCUT2D eigenvalue weighted by Gasteiger charge is -2.34. The van der Waals surface area contributed by atoms with Gasteiger partial charge in [0.15, 0.2) is 0 Å². The van der Waals surface area contributed by atoms with E-state index in [1.165, 1.54) is 37.8 Å². The highest BCUT2D eigenvalue weighted by Crippen LogP contribution is 2.33. The third-order valence-electron chi connectivity index (χ3n) is 4.70. The molecule has 1 aromatic rings. The van der Waals surface area contributed by atoms with Crippen LogP contribution in [-0.2, 0) is 13.5 Å². The van der Waals surface area contributed by atoms with Crippen molar-refractivity contribution in [2.75, 3.05) is 6.54 Å². The zero-order valence-corrected chi connectivity index (χ0v) is 12.7. The lowest BCUT2D eigenvalue weighted by Crippen LogP contribution is -2.39. The third-order valence-corrected chi connectivity index (χ3v) is 4.70. The summed E-state index contributed by atoms with van der Waals surface area (Å²) >= 11 is 0. The minimum absolute atomic E-state index is 0.609. The Morgan fingerprint density at radius 3 is 2.58 bits per heavy atom. The SMILES string of the molecule is CCNC(Cc1ccn(C)n1)C1CCC(CC)CC1. The molecule has 1 atom stereocenters. The lowest BCUT2D eigenvalue weighted by molar-refractivity contribution is 0.217. The number of aromatic nitrogens is 2. The van der Waals surface area contributed by atoms with Crippen LogP contribution in [0.3, 0.4) is 0 Å². The van der Waals surface area contributed by atoms with Gasteiger partial charge in [-0.2, -0.15) is 5.10 Å². The summed E-state index contributed by atoms with van der Waals surface area (Å²) < 4.78 is 1.91. The smallest absolute Gasteiger partial charge is 0.0640 e. The Bertz CT molecular complexity index is 364. The molecular weight excluding hydrogens is 234 g/mol. The van der Waals surface area contributed by atoms with Crippen molar-refractivity contribution in [3.63, 3.8) is 0 Å². The van der Waals surface area contributed by atoms with Gasteiger partial charge in [0.05, 0.1) is 5.69 Å².